The number of hydrogen-bond donors (Lipinski definition) is 2. The minimum absolute atomic E-state index is 0.126. The lowest BCUT2D eigenvalue weighted by Gasteiger charge is -2.22. The van der Waals surface area contributed by atoms with Crippen LogP contribution in [0.2, 0.25) is 0 Å². The summed E-state index contributed by atoms with van der Waals surface area (Å²) < 4.78 is 5.80. The van der Waals surface area contributed by atoms with Gasteiger partial charge in [0.25, 0.3) is 0 Å². The number of piperidine rings is 1. The SMILES string of the molecule is O=C(CCc1ccccc1)NCCCOC1CCNCC1. The van der Waals surface area contributed by atoms with E-state index in [2.05, 4.69) is 22.8 Å². The first-order valence-corrected chi connectivity index (χ1v) is 7.97. The minimum atomic E-state index is 0.126. The Kier molecular flexibility index (Phi) is 7.25. The molecular weight excluding hydrogens is 264 g/mol. The summed E-state index contributed by atoms with van der Waals surface area (Å²) in [7, 11) is 0. The Morgan fingerprint density at radius 2 is 2.00 bits per heavy atom. The van der Waals surface area contributed by atoms with Crippen molar-refractivity contribution in [3.05, 3.63) is 35.9 Å². The summed E-state index contributed by atoms with van der Waals surface area (Å²) in [6.45, 7) is 3.56. The topological polar surface area (TPSA) is 50.4 Å². The zero-order chi connectivity index (χ0) is 14.8. The Morgan fingerprint density at radius 1 is 1.24 bits per heavy atom. The Bertz CT molecular complexity index is 403. The summed E-state index contributed by atoms with van der Waals surface area (Å²) in [5, 5.41) is 6.28. The van der Waals surface area contributed by atoms with Gasteiger partial charge in [-0.15, -0.1) is 0 Å². The lowest BCUT2D eigenvalue weighted by Crippen LogP contribution is -2.33. The Labute approximate surface area is 127 Å². The molecule has 0 unspecified atom stereocenters. The van der Waals surface area contributed by atoms with Gasteiger partial charge in [0, 0.05) is 19.6 Å². The maximum Gasteiger partial charge on any atom is 0.220 e. The lowest BCUT2D eigenvalue weighted by molar-refractivity contribution is -0.121. The van der Waals surface area contributed by atoms with E-state index in [0.29, 0.717) is 19.1 Å². The van der Waals surface area contributed by atoms with Gasteiger partial charge in [-0.2, -0.15) is 0 Å². The first kappa shape index (κ1) is 16.0. The van der Waals surface area contributed by atoms with Gasteiger partial charge in [0.1, 0.15) is 0 Å². The second-order valence-corrected chi connectivity index (χ2v) is 5.51. The standard InChI is InChI=1S/C17H26N2O2/c20-17(8-7-15-5-2-1-3-6-15)19-11-4-14-21-16-9-12-18-13-10-16/h1-3,5-6,16,18H,4,7-14H2,(H,19,20). The summed E-state index contributed by atoms with van der Waals surface area (Å²) in [4.78, 5) is 11.7. The maximum absolute atomic E-state index is 11.7. The van der Waals surface area contributed by atoms with Crippen LogP contribution in [-0.2, 0) is 16.0 Å². The number of aryl methyl sites for hydroxylation is 1. The first-order valence-electron chi connectivity index (χ1n) is 7.97. The third-order valence-corrected chi connectivity index (χ3v) is 3.77. The highest BCUT2D eigenvalue weighted by molar-refractivity contribution is 5.76. The van der Waals surface area contributed by atoms with Crippen LogP contribution in [0.1, 0.15) is 31.2 Å². The zero-order valence-corrected chi connectivity index (χ0v) is 12.6. The van der Waals surface area contributed by atoms with Gasteiger partial charge in [-0.3, -0.25) is 4.79 Å². The van der Waals surface area contributed by atoms with Gasteiger partial charge in [0.2, 0.25) is 5.91 Å². The number of rotatable bonds is 8. The quantitative estimate of drug-likeness (QED) is 0.719. The molecule has 0 saturated carbocycles. The second kappa shape index (κ2) is 9.53. The van der Waals surface area contributed by atoms with Crippen molar-refractivity contribution in [1.29, 1.82) is 0 Å². The fraction of sp³-hybridized carbons (Fsp3) is 0.588. The highest BCUT2D eigenvalue weighted by Gasteiger charge is 2.12. The van der Waals surface area contributed by atoms with Crippen LogP contribution >= 0.6 is 0 Å². The molecule has 0 bridgehead atoms. The van der Waals surface area contributed by atoms with Crippen LogP contribution in [0.15, 0.2) is 30.3 Å². The van der Waals surface area contributed by atoms with Crippen molar-refractivity contribution in [1.82, 2.24) is 10.6 Å². The third-order valence-electron chi connectivity index (χ3n) is 3.77. The molecule has 4 nitrogen and oxygen atoms in total. The molecule has 4 heteroatoms. The number of carbonyl (C=O) groups excluding carboxylic acids is 1. The summed E-state index contributed by atoms with van der Waals surface area (Å²) in [5.74, 6) is 0.126. The lowest BCUT2D eigenvalue weighted by atomic mass is 10.1. The van der Waals surface area contributed by atoms with Gasteiger partial charge < -0.3 is 15.4 Å². The summed E-state index contributed by atoms with van der Waals surface area (Å²) >= 11 is 0. The van der Waals surface area contributed by atoms with E-state index in [9.17, 15) is 4.79 Å². The van der Waals surface area contributed by atoms with E-state index in [0.717, 1.165) is 45.4 Å². The molecular formula is C17H26N2O2. The smallest absolute Gasteiger partial charge is 0.220 e. The van der Waals surface area contributed by atoms with Crippen molar-refractivity contribution in [2.75, 3.05) is 26.2 Å². The van der Waals surface area contributed by atoms with Crippen molar-refractivity contribution in [2.45, 2.75) is 38.2 Å². The molecule has 1 heterocycles. The van der Waals surface area contributed by atoms with Crippen LogP contribution < -0.4 is 10.6 Å². The summed E-state index contributed by atoms with van der Waals surface area (Å²) in [6.07, 6.45) is 4.85. The molecule has 0 aliphatic carbocycles. The molecule has 2 N–H and O–H groups in total. The fourth-order valence-corrected chi connectivity index (χ4v) is 2.50. The molecule has 1 aliphatic heterocycles. The fourth-order valence-electron chi connectivity index (χ4n) is 2.50. The average Bonchev–Trinajstić information content (AvgIpc) is 2.54. The Morgan fingerprint density at radius 3 is 2.76 bits per heavy atom. The molecule has 2 rings (SSSR count). The van der Waals surface area contributed by atoms with E-state index in [1.165, 1.54) is 5.56 Å². The minimum Gasteiger partial charge on any atom is -0.378 e. The molecule has 1 amide bonds. The van der Waals surface area contributed by atoms with Crippen LogP contribution in [0, 0.1) is 0 Å². The van der Waals surface area contributed by atoms with Crippen molar-refractivity contribution in [3.8, 4) is 0 Å². The van der Waals surface area contributed by atoms with Gasteiger partial charge in [-0.25, -0.2) is 0 Å². The maximum atomic E-state index is 11.7. The number of hydrogen-bond acceptors (Lipinski definition) is 3. The van der Waals surface area contributed by atoms with Crippen LogP contribution in [0.25, 0.3) is 0 Å². The number of ether oxygens (including phenoxy) is 1. The van der Waals surface area contributed by atoms with Gasteiger partial charge in [0.15, 0.2) is 0 Å². The zero-order valence-electron chi connectivity index (χ0n) is 12.6. The number of nitrogens with one attached hydrogen (secondary N) is 2. The van der Waals surface area contributed by atoms with Gasteiger partial charge in [-0.05, 0) is 44.3 Å². The number of benzene rings is 1. The normalized spacial score (nSPS) is 15.8. The predicted octanol–water partition coefficient (Wildman–Crippen LogP) is 1.89. The molecule has 116 valence electrons. The molecule has 0 radical (unpaired) electrons. The first-order chi connectivity index (χ1) is 10.3. The monoisotopic (exact) mass is 290 g/mol. The van der Waals surface area contributed by atoms with Crippen molar-refractivity contribution < 1.29 is 9.53 Å². The molecule has 0 aromatic heterocycles. The van der Waals surface area contributed by atoms with E-state index in [1.807, 2.05) is 18.2 Å². The molecule has 1 aromatic rings. The van der Waals surface area contributed by atoms with Crippen LogP contribution in [0.5, 0.6) is 0 Å². The summed E-state index contributed by atoms with van der Waals surface area (Å²) in [5.41, 5.74) is 1.21. The van der Waals surface area contributed by atoms with E-state index in [1.54, 1.807) is 0 Å². The average molecular weight is 290 g/mol. The highest BCUT2D eigenvalue weighted by Crippen LogP contribution is 2.07. The van der Waals surface area contributed by atoms with Crippen molar-refractivity contribution in [2.24, 2.45) is 0 Å². The van der Waals surface area contributed by atoms with E-state index in [4.69, 9.17) is 4.74 Å². The Balaban J connectivity index is 1.47. The Hall–Kier alpha value is -1.39. The van der Waals surface area contributed by atoms with Crippen LogP contribution in [-0.4, -0.2) is 38.3 Å². The molecule has 0 spiro atoms. The number of carbonyl (C=O) groups is 1. The van der Waals surface area contributed by atoms with Crippen LogP contribution in [0.4, 0.5) is 0 Å². The molecule has 0 atom stereocenters. The molecule has 1 fully saturated rings. The number of amides is 1. The molecule has 1 saturated heterocycles. The van der Waals surface area contributed by atoms with E-state index < -0.39 is 0 Å². The van der Waals surface area contributed by atoms with Crippen molar-refractivity contribution >= 4 is 5.91 Å². The largest absolute Gasteiger partial charge is 0.378 e. The summed E-state index contributed by atoms with van der Waals surface area (Å²) in [6, 6.07) is 10.1. The molecule has 21 heavy (non-hydrogen) atoms. The molecule has 1 aromatic carbocycles. The second-order valence-electron chi connectivity index (χ2n) is 5.51. The van der Waals surface area contributed by atoms with Gasteiger partial charge >= 0.3 is 0 Å². The van der Waals surface area contributed by atoms with Gasteiger partial charge in [0.05, 0.1) is 6.10 Å². The van der Waals surface area contributed by atoms with E-state index >= 15 is 0 Å². The third kappa shape index (κ3) is 6.74. The molecule has 1 aliphatic rings. The van der Waals surface area contributed by atoms with Gasteiger partial charge in [-0.1, -0.05) is 30.3 Å². The predicted molar refractivity (Wildman–Crippen MR) is 84.2 cm³/mol. The van der Waals surface area contributed by atoms with Crippen molar-refractivity contribution in [3.63, 3.8) is 0 Å². The van der Waals surface area contributed by atoms with Crippen LogP contribution in [0.3, 0.4) is 0 Å². The highest BCUT2D eigenvalue weighted by atomic mass is 16.5. The van der Waals surface area contributed by atoms with E-state index in [-0.39, 0.29) is 5.91 Å².